The first kappa shape index (κ1) is 26.5. The predicted octanol–water partition coefficient (Wildman–Crippen LogP) is 4.39. The van der Waals surface area contributed by atoms with Crippen LogP contribution in [0.15, 0.2) is 55.0 Å². The summed E-state index contributed by atoms with van der Waals surface area (Å²) in [6, 6.07) is 9.22. The molecule has 0 radical (unpaired) electrons. The van der Waals surface area contributed by atoms with Crippen LogP contribution in [0, 0.1) is 12.7 Å². The van der Waals surface area contributed by atoms with Crippen molar-refractivity contribution in [2.24, 2.45) is 0 Å². The average molecular weight is 561 g/mol. The van der Waals surface area contributed by atoms with Gasteiger partial charge in [-0.3, -0.25) is 9.78 Å². The molecule has 0 saturated carbocycles. The number of carbonyl (C=O) groups is 1. The van der Waals surface area contributed by atoms with Crippen LogP contribution in [0.3, 0.4) is 0 Å². The van der Waals surface area contributed by atoms with Gasteiger partial charge in [-0.1, -0.05) is 0 Å². The molecule has 4 heterocycles. The van der Waals surface area contributed by atoms with Crippen LogP contribution in [-0.4, -0.2) is 73.4 Å². The van der Waals surface area contributed by atoms with Crippen molar-refractivity contribution < 1.29 is 28.2 Å². The van der Waals surface area contributed by atoms with E-state index in [0.29, 0.717) is 57.8 Å². The van der Waals surface area contributed by atoms with Crippen molar-refractivity contribution >= 4 is 27.8 Å². The average Bonchev–Trinajstić information content (AvgIpc) is 3.32. The number of hydrogen-bond acceptors (Lipinski definition) is 8. The van der Waals surface area contributed by atoms with Crippen molar-refractivity contribution in [1.29, 1.82) is 0 Å². The van der Waals surface area contributed by atoms with E-state index < -0.39 is 30.5 Å². The molecule has 1 saturated heterocycles. The number of methoxy groups -OCH3 is 1. The molecule has 1 aliphatic heterocycles. The molecule has 6 rings (SSSR count). The van der Waals surface area contributed by atoms with Gasteiger partial charge in [-0.05, 0) is 37.6 Å². The van der Waals surface area contributed by atoms with Crippen molar-refractivity contribution in [3.05, 3.63) is 66.6 Å². The molecule has 41 heavy (non-hydrogen) atoms. The molecule has 1 N–H and O–H groups in total. The van der Waals surface area contributed by atoms with Gasteiger partial charge in [-0.15, -0.1) is 0 Å². The number of aliphatic hydroxyl groups excluding tert-OH is 1. The number of fused-ring (bicyclic) bond motifs is 3. The molecule has 2 atom stereocenters. The Morgan fingerprint density at radius 3 is 2.66 bits per heavy atom. The first-order chi connectivity index (χ1) is 19.9. The lowest BCUT2D eigenvalue weighted by molar-refractivity contribution is -0.137. The third-order valence-corrected chi connectivity index (χ3v) is 7.32. The lowest BCUT2D eigenvalue weighted by atomic mass is 9.99. The third kappa shape index (κ3) is 4.80. The van der Waals surface area contributed by atoms with Crippen LogP contribution >= 0.6 is 0 Å². The smallest absolute Gasteiger partial charge is 0.321 e. The van der Waals surface area contributed by atoms with Crippen LogP contribution in [0.4, 0.5) is 8.78 Å². The topological polar surface area (TPSA) is 115 Å². The second-order valence-corrected chi connectivity index (χ2v) is 9.74. The highest BCUT2D eigenvalue weighted by molar-refractivity contribution is 6.04. The van der Waals surface area contributed by atoms with Gasteiger partial charge < -0.3 is 24.0 Å². The Labute approximate surface area is 233 Å². The fourth-order valence-electron chi connectivity index (χ4n) is 5.44. The fourth-order valence-corrected chi connectivity index (χ4v) is 5.44. The summed E-state index contributed by atoms with van der Waals surface area (Å²) in [5, 5.41) is 9.80. The van der Waals surface area contributed by atoms with Crippen LogP contribution in [0.1, 0.15) is 18.3 Å². The summed E-state index contributed by atoms with van der Waals surface area (Å²) in [4.78, 5) is 30.4. The van der Waals surface area contributed by atoms with E-state index in [1.165, 1.54) is 18.1 Å². The van der Waals surface area contributed by atoms with E-state index in [0.717, 1.165) is 0 Å². The summed E-state index contributed by atoms with van der Waals surface area (Å²) in [5.41, 5.74) is 2.31. The van der Waals surface area contributed by atoms with Crippen molar-refractivity contribution in [2.75, 3.05) is 26.8 Å². The quantitative estimate of drug-likeness (QED) is 0.325. The predicted molar refractivity (Wildman–Crippen MR) is 146 cm³/mol. The molecule has 3 aromatic heterocycles. The number of hydrogen-bond donors (Lipinski definition) is 1. The Morgan fingerprint density at radius 1 is 1.12 bits per heavy atom. The Morgan fingerprint density at radius 2 is 1.93 bits per heavy atom. The Bertz CT molecular complexity index is 1760. The highest BCUT2D eigenvalue weighted by Gasteiger charge is 2.34. The van der Waals surface area contributed by atoms with Gasteiger partial charge in [0.1, 0.15) is 41.4 Å². The maximum Gasteiger partial charge on any atom is 0.321 e. The summed E-state index contributed by atoms with van der Waals surface area (Å²) in [7, 11) is 1.48. The monoisotopic (exact) mass is 560 g/mol. The zero-order valence-electron chi connectivity index (χ0n) is 22.3. The zero-order valence-corrected chi connectivity index (χ0v) is 22.3. The number of halogens is 2. The van der Waals surface area contributed by atoms with E-state index in [-0.39, 0.29) is 18.1 Å². The number of aliphatic hydroxyl groups is 1. The van der Waals surface area contributed by atoms with E-state index in [1.54, 1.807) is 55.8 Å². The number of amides is 1. The molecule has 1 aliphatic rings. The van der Waals surface area contributed by atoms with Gasteiger partial charge in [0.2, 0.25) is 5.91 Å². The molecule has 12 heteroatoms. The summed E-state index contributed by atoms with van der Waals surface area (Å²) in [6.45, 7) is 1.29. The van der Waals surface area contributed by atoms with Gasteiger partial charge in [-0.25, -0.2) is 23.7 Å². The molecule has 210 valence electrons. The van der Waals surface area contributed by atoms with Crippen molar-refractivity contribution in [1.82, 2.24) is 29.4 Å². The number of rotatable bonds is 6. The van der Waals surface area contributed by atoms with E-state index in [2.05, 4.69) is 19.9 Å². The minimum absolute atomic E-state index is 0.133. The lowest BCUT2D eigenvalue weighted by Crippen LogP contribution is -2.46. The van der Waals surface area contributed by atoms with Crippen LogP contribution in [-0.2, 0) is 4.79 Å². The second kappa shape index (κ2) is 10.7. The van der Waals surface area contributed by atoms with E-state index in [9.17, 15) is 9.90 Å². The van der Waals surface area contributed by atoms with Crippen LogP contribution in [0.25, 0.3) is 33.1 Å². The van der Waals surface area contributed by atoms with Gasteiger partial charge in [0.15, 0.2) is 0 Å². The van der Waals surface area contributed by atoms with Crippen LogP contribution in [0.5, 0.6) is 17.5 Å². The van der Waals surface area contributed by atoms with Crippen molar-refractivity contribution in [2.45, 2.75) is 25.6 Å². The van der Waals surface area contributed by atoms with E-state index >= 15 is 8.78 Å². The highest BCUT2D eigenvalue weighted by atomic mass is 19.1. The number of pyridine rings is 1. The number of aromatic nitrogens is 5. The molecule has 5 aromatic rings. The van der Waals surface area contributed by atoms with Gasteiger partial charge in [0, 0.05) is 47.6 Å². The largest absolute Gasteiger partial charge is 0.496 e. The maximum absolute atomic E-state index is 15.6. The Balaban J connectivity index is 1.44. The number of piperidine rings is 1. The fraction of sp³-hybridized carbons (Fsp3) is 0.276. The number of carbonyl (C=O) groups excluding carboxylic acids is 1. The van der Waals surface area contributed by atoms with Crippen LogP contribution in [0.2, 0.25) is 0 Å². The number of imidazole rings is 1. The molecule has 1 fully saturated rings. The molecule has 1 amide bonds. The minimum atomic E-state index is -1.39. The summed E-state index contributed by atoms with van der Waals surface area (Å²) in [5.74, 6) is 0.346. The summed E-state index contributed by atoms with van der Waals surface area (Å²) >= 11 is 0. The summed E-state index contributed by atoms with van der Waals surface area (Å²) in [6.07, 6.45) is 3.61. The first-order valence-corrected chi connectivity index (χ1v) is 13.0. The van der Waals surface area contributed by atoms with Crippen molar-refractivity contribution in [3.63, 3.8) is 0 Å². The number of aryl methyl sites for hydroxylation is 1. The first-order valence-electron chi connectivity index (χ1n) is 13.0. The van der Waals surface area contributed by atoms with Gasteiger partial charge in [-0.2, -0.15) is 0 Å². The van der Waals surface area contributed by atoms with E-state index in [4.69, 9.17) is 9.47 Å². The molecule has 2 aromatic carbocycles. The maximum atomic E-state index is 15.6. The molecule has 0 aliphatic carbocycles. The summed E-state index contributed by atoms with van der Waals surface area (Å²) < 4.78 is 44.2. The lowest BCUT2D eigenvalue weighted by Gasteiger charge is -2.35. The van der Waals surface area contributed by atoms with Gasteiger partial charge in [0.25, 0.3) is 0 Å². The number of likely N-dealkylation sites (tertiary alicyclic amines) is 1. The number of nitrogens with zero attached hydrogens (tertiary/aromatic N) is 6. The van der Waals surface area contributed by atoms with Gasteiger partial charge in [0.05, 0.1) is 36.9 Å². The van der Waals surface area contributed by atoms with Crippen LogP contribution < -0.4 is 9.47 Å². The number of benzene rings is 2. The molecule has 1 unspecified atom stereocenters. The van der Waals surface area contributed by atoms with E-state index in [1.807, 2.05) is 4.57 Å². The normalized spacial score (nSPS) is 17.2. The highest BCUT2D eigenvalue weighted by Crippen LogP contribution is 2.39. The third-order valence-electron chi connectivity index (χ3n) is 7.32. The Hall–Kier alpha value is -4.71. The minimum Gasteiger partial charge on any atom is -0.496 e. The van der Waals surface area contributed by atoms with Gasteiger partial charge >= 0.3 is 6.01 Å². The second-order valence-electron chi connectivity index (χ2n) is 9.74. The molecule has 0 spiro atoms. The number of alkyl halides is 1. The Kier molecular flexibility index (Phi) is 6.91. The molecule has 0 bridgehead atoms. The molecular weight excluding hydrogens is 534 g/mol. The zero-order chi connectivity index (χ0) is 28.7. The SMILES string of the molecule is COc1cc(Oc2ncccn2)ccc1-c1cc2c(cc1F)ncc1nc(C)n([C@H]3CCN(C(=O)CO)CC3F)c12. The molecule has 10 nitrogen and oxygen atoms in total. The standard InChI is InChI=1S/C29H26F2N6O4/c1-16-35-24-13-34-23-12-21(30)19(18-5-4-17(10-26(18)40-2)41-29-32-7-3-8-33-29)11-20(23)28(24)37(16)25-6-9-36(14-22(25)31)27(39)15-38/h3-5,7-8,10-13,22,25,38H,6,9,14-15H2,1-2H3/t22?,25-/m0/s1. The molecular formula is C29H26F2N6O4. The van der Waals surface area contributed by atoms with Crippen molar-refractivity contribution in [3.8, 4) is 28.6 Å². The number of ether oxygens (including phenoxy) is 2.